The van der Waals surface area contributed by atoms with Crippen LogP contribution in [-0.2, 0) is 91.8 Å². The zero-order valence-electron chi connectivity index (χ0n) is 84.5. The second kappa shape index (κ2) is 88.5. The minimum Gasteiger partial charge on any atom is -1.00 e. The van der Waals surface area contributed by atoms with E-state index in [9.17, 15) is 66.8 Å². The molecule has 0 saturated carbocycles. The second-order valence-corrected chi connectivity index (χ2v) is 27.5. The molecule has 11 rings (SSSR count). The number of rotatable bonds is 27. The summed E-state index contributed by atoms with van der Waals surface area (Å²) in [4.78, 5) is 155. The van der Waals surface area contributed by atoms with Crippen molar-refractivity contribution >= 4 is 133 Å². The number of aliphatic hydroxyl groups is 3. The number of carbonyl (C=O) groups excluding carboxylic acids is 11. The summed E-state index contributed by atoms with van der Waals surface area (Å²) in [5.74, 6) is -0.385. The summed E-state index contributed by atoms with van der Waals surface area (Å²) in [6.45, 7) is 16.6. The van der Waals surface area contributed by atoms with Crippen molar-refractivity contribution in [1.82, 2.24) is 39.9 Å². The van der Waals surface area contributed by atoms with Crippen LogP contribution in [0, 0.1) is 12.6 Å². The number of halogens is 3. The Bertz CT molecular complexity index is 5080. The van der Waals surface area contributed by atoms with Gasteiger partial charge in [-0.15, -0.1) is 4.52 Å². The molecular formula is C92H127BBr2FN8Na2O32PS+. The SMILES string of the molecule is C.C.CCO.CCOC(=O)/C=C/c1cc(OC)ncc1C(=O)OC.CCOC(=O)C1Cc2cc(OC)ncc2C1=O.CCOC(=O)CCc1cc(OC)ncc1C(=O)OC.CCOC(=O)C[P+](=O)OCC.CO.COC(=O)c1cnc(OC)cc1C=O.COc1cc(C=O)c(Br)cn1.COc1cc2c(cn1)C(=O)CC2.COc1cc2c(cn1)C(O)CC2.COc1ccc(Br)cn1.[2H]CF.[2H]CS.[B].[C-]#[O+].[H-].[H-].[HH].[Na+].[Na+]. The average Bonchev–Trinajstić information content (AvgIpc) is 1.64. The fourth-order valence-electron chi connectivity index (χ4n) is 10.3. The molecule has 48 heteroatoms. The molecule has 0 aromatic carbocycles. The third kappa shape index (κ3) is 55.5. The van der Waals surface area contributed by atoms with Gasteiger partial charge >= 0.3 is 120 Å². The molecule has 3 aliphatic rings. The van der Waals surface area contributed by atoms with E-state index in [1.807, 2.05) is 18.2 Å². The Kier molecular flexibility index (Phi) is 88.5. The predicted octanol–water partition coefficient (Wildman–Crippen LogP) is 7.73. The largest absolute Gasteiger partial charge is 1.00 e. The number of ether oxygens (including phenoxy) is 15. The number of aromatic nitrogens is 8. The molecule has 0 bridgehead atoms. The van der Waals surface area contributed by atoms with Crippen LogP contribution in [0.1, 0.15) is 195 Å². The summed E-state index contributed by atoms with van der Waals surface area (Å²) in [7, 11) is 14.1. The van der Waals surface area contributed by atoms with Crippen molar-refractivity contribution < 1.29 is 223 Å². The van der Waals surface area contributed by atoms with Crippen molar-refractivity contribution in [3.63, 3.8) is 0 Å². The number of hydrogen-bond acceptors (Lipinski definition) is 40. The van der Waals surface area contributed by atoms with E-state index in [2.05, 4.69) is 114 Å². The van der Waals surface area contributed by atoms with Gasteiger partial charge in [-0.05, 0) is 156 Å². The van der Waals surface area contributed by atoms with E-state index in [-0.39, 0.29) is 172 Å². The quantitative estimate of drug-likeness (QED) is 0.00365. The van der Waals surface area contributed by atoms with Gasteiger partial charge in [-0.1, -0.05) is 14.9 Å². The molecule has 0 spiro atoms. The number of alkyl halides is 1. The van der Waals surface area contributed by atoms with Crippen molar-refractivity contribution in [2.75, 3.05) is 145 Å². The van der Waals surface area contributed by atoms with Crippen LogP contribution < -0.4 is 97.0 Å². The van der Waals surface area contributed by atoms with Crippen LogP contribution in [0.25, 0.3) is 6.08 Å². The van der Waals surface area contributed by atoms with Crippen LogP contribution in [-0.4, -0.2) is 274 Å². The molecule has 763 valence electrons. The molecule has 0 amide bonds. The number of esters is 7. The number of hydrogen-bond donors (Lipinski definition) is 4. The van der Waals surface area contributed by atoms with Gasteiger partial charge in [-0.25, -0.2) is 63.8 Å². The fraction of sp³-hybridized carbons (Fsp3) is 0.413. The molecule has 140 heavy (non-hydrogen) atoms. The van der Waals surface area contributed by atoms with Gasteiger partial charge in [0.15, 0.2) is 24.1 Å². The molecule has 8 aromatic rings. The van der Waals surface area contributed by atoms with Crippen molar-refractivity contribution in [3.05, 3.63) is 198 Å². The molecule has 3 aliphatic carbocycles. The van der Waals surface area contributed by atoms with Gasteiger partial charge in [0.1, 0.15) is 5.92 Å². The summed E-state index contributed by atoms with van der Waals surface area (Å²) in [6, 6.07) is 15.2. The van der Waals surface area contributed by atoms with Crippen LogP contribution in [0.15, 0.2) is 119 Å². The molecule has 0 saturated heterocycles. The van der Waals surface area contributed by atoms with Gasteiger partial charge in [0.2, 0.25) is 47.0 Å². The molecule has 3 radical (unpaired) electrons. The zero-order valence-corrected chi connectivity index (χ0v) is 89.4. The summed E-state index contributed by atoms with van der Waals surface area (Å²) in [6.07, 6.45) is 19.7. The number of aldehydes is 2. The van der Waals surface area contributed by atoms with Crippen LogP contribution in [0.4, 0.5) is 4.39 Å². The molecule has 40 nitrogen and oxygen atoms in total. The average molecular weight is 2160 g/mol. The maximum absolute atomic E-state index is 11.9. The van der Waals surface area contributed by atoms with E-state index in [1.165, 1.54) is 112 Å². The van der Waals surface area contributed by atoms with E-state index < -0.39 is 56.9 Å². The maximum atomic E-state index is 11.9. The number of pyridine rings is 8. The Morgan fingerprint density at radius 3 is 1.41 bits per heavy atom. The Labute approximate surface area is 892 Å². The van der Waals surface area contributed by atoms with E-state index >= 15 is 0 Å². The second-order valence-electron chi connectivity index (χ2n) is 24.5. The number of Topliss-reactive ketones (excluding diaryl/α,β-unsaturated/α-hetero) is 2. The van der Waals surface area contributed by atoms with Gasteiger partial charge in [0, 0.05) is 179 Å². The van der Waals surface area contributed by atoms with Gasteiger partial charge in [0.05, 0.1) is 143 Å². The van der Waals surface area contributed by atoms with E-state index in [0.29, 0.717) is 119 Å². The molecule has 3 unspecified atom stereocenters. The first-order chi connectivity index (χ1) is 65.8. The first kappa shape index (κ1) is 140. The minimum absolute atomic E-state index is 0. The van der Waals surface area contributed by atoms with Crippen molar-refractivity contribution in [1.29, 1.82) is 0 Å². The van der Waals surface area contributed by atoms with E-state index in [4.69, 9.17) is 69.7 Å². The molecule has 8 heterocycles. The number of methoxy groups -OCH3 is 11. The third-order valence-corrected chi connectivity index (χ3v) is 18.6. The number of nitrogens with zero attached hydrogens (tertiary/aromatic N) is 8. The van der Waals surface area contributed by atoms with Gasteiger partial charge in [-0.2, -0.15) is 12.6 Å². The summed E-state index contributed by atoms with van der Waals surface area (Å²) >= 11 is 9.88. The van der Waals surface area contributed by atoms with Gasteiger partial charge in [0.25, 0.3) is 6.16 Å². The number of aliphatic hydroxyl groups excluding tert-OH is 3. The molecule has 8 aromatic heterocycles. The monoisotopic (exact) mass is 2150 g/mol. The predicted molar refractivity (Wildman–Crippen MR) is 522 cm³/mol. The van der Waals surface area contributed by atoms with Crippen molar-refractivity contribution in [2.24, 2.45) is 5.92 Å². The Balaban J connectivity index is -0.000000152. The summed E-state index contributed by atoms with van der Waals surface area (Å²) in [5.41, 5.74) is 7.76. The van der Waals surface area contributed by atoms with Crippen molar-refractivity contribution in [2.45, 2.75) is 107 Å². The number of aryl methyl sites for hydroxylation is 3. The van der Waals surface area contributed by atoms with E-state index in [1.54, 1.807) is 106 Å². The number of thiol groups is 1. The van der Waals surface area contributed by atoms with Crippen LogP contribution >= 0.6 is 52.5 Å². The number of carbonyl (C=O) groups is 11. The first-order valence-electron chi connectivity index (χ1n) is 41.1. The topological polar surface area (TPSA) is 536 Å². The molecule has 3 atom stereocenters. The van der Waals surface area contributed by atoms with Crippen LogP contribution in [0.5, 0.6) is 47.0 Å². The number of ketones is 2. The molecular weight excluding hydrogens is 2030 g/mol. The Hall–Kier alpha value is -10.7. The fourth-order valence-corrected chi connectivity index (χ4v) is 11.6. The smallest absolute Gasteiger partial charge is 1.00 e. The molecule has 3 N–H and O–H groups in total. The number of fused-ring (bicyclic) bond motifs is 3. The summed E-state index contributed by atoms with van der Waals surface area (Å²) in [5, 5.41) is 24.0. The molecule has 0 aliphatic heterocycles. The zero-order chi connectivity index (χ0) is 104. The minimum atomic E-state index is -1.86. The first-order valence-corrected chi connectivity index (χ1v) is 43.3. The van der Waals surface area contributed by atoms with Gasteiger partial charge in [-0.3, -0.25) is 33.2 Å². The van der Waals surface area contributed by atoms with Crippen LogP contribution in [0.2, 0.25) is 0 Å². The summed E-state index contributed by atoms with van der Waals surface area (Å²) < 4.78 is 118. The Morgan fingerprint density at radius 2 is 0.950 bits per heavy atom. The normalized spacial score (nSPS) is 11.5. The molecule has 0 fully saturated rings. The van der Waals surface area contributed by atoms with Gasteiger partial charge < -0.3 is 89.2 Å². The van der Waals surface area contributed by atoms with Crippen LogP contribution in [0.3, 0.4) is 0 Å². The maximum Gasteiger partial charge on any atom is 1.00 e. The third-order valence-electron chi connectivity index (χ3n) is 16.4. The van der Waals surface area contributed by atoms with Crippen molar-refractivity contribution in [3.8, 4) is 47.0 Å². The standard InChI is InChI=1S/C13H17NO5.C13H15NO5.C12H13NO4.C9H9NO4.C9H11NO2.C9H9NO2.C7H6BrNO2.C6H6BrNO.C6H12O4P.C2H6O.CH3F.CH4O.CO.CH4S.2CH4.B.2Na.H2.2H/c2*1-4-19-12(15)6-5-9-7-11(17-2)14-8-10(9)13(16)18-3;1-3-17-12(15)8-4-7-5-10(16-2)13-6-9(7)11(8)14;1-13-8-3-6(5-11)7(4-10-8)9(12)14-2;2*1-12-9-4-6-2-3-8(11)7(6)5-10-9;1-11-7-2-5(4-10)6(8)3-9-7;1-9-6-3-2-5(7)4-8-6;1-3-9-6(7)5-11(8)10-4-2;1-2-3;4*1-2;;;;;;;;/h7-8H,4-6H2,1-3H3;5-8H,4H2,1-3H3;5-6,8H,3-4H2,1-2H3;3-5H,1-2H3;4-5,8,11H,2-3H2,1H3;4-5H,2-3H2,1H3;2-4H,1H3;2-4H,1H3;3-5H2,1-2H3;3H,2H2,1H3;1H3;2H,1H3;;2H,1H3;2*1H4;;;;1H;;/q;;;;;;;;+1;;;;;;;;;2*+1;;2*-1/b;6-5+;;;;;;;;;;;;;;;;;;;;/i;;;;;;;;;;1D;;;1D;;;;;;;;. The van der Waals surface area contributed by atoms with E-state index in [0.717, 1.165) is 64.9 Å². The Morgan fingerprint density at radius 1 is 0.550 bits per heavy atom.